The number of rotatable bonds is 4. The first-order valence-electron chi connectivity index (χ1n) is 11.7. The minimum Gasteiger partial charge on any atom is -0.368 e. The maximum atomic E-state index is 13.8. The number of piperazine rings is 1. The third kappa shape index (κ3) is 4.44. The standard InChI is InChI=1S/C27H28FN3O2S/c1-19-4-8-22(9-5-19)31-25(32)13-12-23(26(31)24-3-2-18-34-24)27(33)30-16-14-29(15-17-30)21-10-6-20(28)7-11-21/h2-11,18,23,26H,12-17H2,1H3. The van der Waals surface area contributed by atoms with Gasteiger partial charge in [-0.1, -0.05) is 23.8 Å². The number of nitrogens with zero attached hydrogens (tertiary/aromatic N) is 3. The van der Waals surface area contributed by atoms with E-state index in [1.54, 1.807) is 23.5 Å². The largest absolute Gasteiger partial charge is 0.368 e. The van der Waals surface area contributed by atoms with Crippen LogP contribution in [0.5, 0.6) is 0 Å². The molecule has 2 saturated heterocycles. The Bertz CT molecular complexity index is 1140. The van der Waals surface area contributed by atoms with E-state index in [-0.39, 0.29) is 29.6 Å². The molecule has 3 aromatic rings. The minimum absolute atomic E-state index is 0.0624. The predicted octanol–water partition coefficient (Wildman–Crippen LogP) is 5.03. The highest BCUT2D eigenvalue weighted by atomic mass is 32.1. The molecule has 2 aromatic carbocycles. The lowest BCUT2D eigenvalue weighted by atomic mass is 9.85. The summed E-state index contributed by atoms with van der Waals surface area (Å²) in [6, 6.07) is 18.2. The lowest BCUT2D eigenvalue weighted by molar-refractivity contribution is -0.138. The maximum Gasteiger partial charge on any atom is 0.228 e. The molecule has 2 aliphatic rings. The average Bonchev–Trinajstić information content (AvgIpc) is 3.39. The van der Waals surface area contributed by atoms with Crippen molar-refractivity contribution >= 4 is 34.5 Å². The van der Waals surface area contributed by atoms with Gasteiger partial charge in [0, 0.05) is 48.9 Å². The Morgan fingerprint density at radius 3 is 2.26 bits per heavy atom. The van der Waals surface area contributed by atoms with Crippen molar-refractivity contribution in [1.82, 2.24) is 4.90 Å². The van der Waals surface area contributed by atoms with E-state index in [2.05, 4.69) is 4.90 Å². The van der Waals surface area contributed by atoms with Gasteiger partial charge in [0.15, 0.2) is 0 Å². The lowest BCUT2D eigenvalue weighted by Gasteiger charge is -2.43. The van der Waals surface area contributed by atoms with Crippen molar-refractivity contribution in [1.29, 1.82) is 0 Å². The molecule has 0 radical (unpaired) electrons. The first-order chi connectivity index (χ1) is 16.5. The third-order valence-corrected chi connectivity index (χ3v) is 7.79. The molecule has 0 aliphatic carbocycles. The molecular formula is C27H28FN3O2S. The van der Waals surface area contributed by atoms with Gasteiger partial charge in [0.05, 0.1) is 12.0 Å². The van der Waals surface area contributed by atoms with Gasteiger partial charge in [0.1, 0.15) is 5.82 Å². The van der Waals surface area contributed by atoms with Crippen LogP contribution in [0.3, 0.4) is 0 Å². The van der Waals surface area contributed by atoms with E-state index in [4.69, 9.17) is 0 Å². The Morgan fingerprint density at radius 1 is 0.941 bits per heavy atom. The number of aryl methyl sites for hydroxylation is 1. The summed E-state index contributed by atoms with van der Waals surface area (Å²) in [4.78, 5) is 33.9. The van der Waals surface area contributed by atoms with Crippen molar-refractivity contribution in [3.8, 4) is 0 Å². The van der Waals surface area contributed by atoms with Crippen molar-refractivity contribution in [3.05, 3.63) is 82.3 Å². The normalized spacial score (nSPS) is 21.1. The van der Waals surface area contributed by atoms with Gasteiger partial charge in [-0.3, -0.25) is 9.59 Å². The van der Waals surface area contributed by atoms with Crippen LogP contribution in [0.25, 0.3) is 0 Å². The summed E-state index contributed by atoms with van der Waals surface area (Å²) in [6.45, 7) is 4.66. The van der Waals surface area contributed by atoms with Gasteiger partial charge in [-0.25, -0.2) is 4.39 Å². The number of carbonyl (C=O) groups is 2. The summed E-state index contributed by atoms with van der Waals surface area (Å²) < 4.78 is 13.3. The fourth-order valence-electron chi connectivity index (χ4n) is 5.02. The summed E-state index contributed by atoms with van der Waals surface area (Å²) in [5, 5.41) is 2.00. The van der Waals surface area contributed by atoms with Crippen LogP contribution < -0.4 is 9.80 Å². The van der Waals surface area contributed by atoms with Crippen LogP contribution in [0, 0.1) is 18.7 Å². The SMILES string of the molecule is Cc1ccc(N2C(=O)CCC(C(=O)N3CCN(c4ccc(F)cc4)CC3)C2c2cccs2)cc1. The number of thiophene rings is 1. The zero-order chi connectivity index (χ0) is 23.7. The number of hydrogen-bond donors (Lipinski definition) is 0. The Kier molecular flexibility index (Phi) is 6.37. The van der Waals surface area contributed by atoms with Crippen LogP contribution in [0.4, 0.5) is 15.8 Å². The molecule has 2 unspecified atom stereocenters. The van der Waals surface area contributed by atoms with Crippen LogP contribution in [0.15, 0.2) is 66.0 Å². The zero-order valence-corrected chi connectivity index (χ0v) is 20.0. The zero-order valence-electron chi connectivity index (χ0n) is 19.2. The van der Waals surface area contributed by atoms with Crippen molar-refractivity contribution in [3.63, 3.8) is 0 Å². The molecular weight excluding hydrogens is 449 g/mol. The molecule has 3 heterocycles. The van der Waals surface area contributed by atoms with E-state index >= 15 is 0 Å². The van der Waals surface area contributed by atoms with Crippen molar-refractivity contribution in [2.75, 3.05) is 36.0 Å². The minimum atomic E-state index is -0.299. The molecule has 5 rings (SSSR count). The topological polar surface area (TPSA) is 43.9 Å². The summed E-state index contributed by atoms with van der Waals surface area (Å²) in [7, 11) is 0. The van der Waals surface area contributed by atoms with Gasteiger partial charge in [0.2, 0.25) is 11.8 Å². The van der Waals surface area contributed by atoms with Crippen molar-refractivity contribution in [2.45, 2.75) is 25.8 Å². The molecule has 176 valence electrons. The van der Waals surface area contributed by atoms with Crippen LogP contribution in [0.2, 0.25) is 0 Å². The second-order valence-corrected chi connectivity index (χ2v) is 9.97. The van der Waals surface area contributed by atoms with Crippen LogP contribution >= 0.6 is 11.3 Å². The van der Waals surface area contributed by atoms with E-state index in [1.165, 1.54) is 12.1 Å². The fraction of sp³-hybridized carbons (Fsp3) is 0.333. The van der Waals surface area contributed by atoms with Gasteiger partial charge in [-0.2, -0.15) is 0 Å². The quantitative estimate of drug-likeness (QED) is 0.530. The van der Waals surface area contributed by atoms with E-state index in [1.807, 2.05) is 58.5 Å². The number of anilines is 2. The van der Waals surface area contributed by atoms with E-state index < -0.39 is 0 Å². The molecule has 0 bridgehead atoms. The molecule has 2 aliphatic heterocycles. The Morgan fingerprint density at radius 2 is 1.62 bits per heavy atom. The second-order valence-electron chi connectivity index (χ2n) is 8.99. The van der Waals surface area contributed by atoms with Crippen molar-refractivity contribution in [2.24, 2.45) is 5.92 Å². The summed E-state index contributed by atoms with van der Waals surface area (Å²) in [6.07, 6.45) is 0.919. The molecule has 0 spiro atoms. The van der Waals surface area contributed by atoms with Gasteiger partial charge in [0.25, 0.3) is 0 Å². The number of carbonyl (C=O) groups excluding carboxylic acids is 2. The highest BCUT2D eigenvalue weighted by Gasteiger charge is 2.43. The third-order valence-electron chi connectivity index (χ3n) is 6.84. The molecule has 2 atom stereocenters. The second kappa shape index (κ2) is 9.58. The molecule has 7 heteroatoms. The number of halogens is 1. The summed E-state index contributed by atoms with van der Waals surface area (Å²) in [5.41, 5.74) is 2.94. The van der Waals surface area contributed by atoms with E-state index in [0.29, 0.717) is 39.0 Å². The van der Waals surface area contributed by atoms with Gasteiger partial charge in [-0.15, -0.1) is 11.3 Å². The van der Waals surface area contributed by atoms with Gasteiger partial charge in [-0.05, 0) is 61.2 Å². The maximum absolute atomic E-state index is 13.8. The Labute approximate surface area is 203 Å². The van der Waals surface area contributed by atoms with E-state index in [9.17, 15) is 14.0 Å². The first kappa shape index (κ1) is 22.6. The molecule has 2 fully saturated rings. The van der Waals surface area contributed by atoms with Crippen LogP contribution in [0.1, 0.15) is 29.3 Å². The first-order valence-corrected chi connectivity index (χ1v) is 12.6. The van der Waals surface area contributed by atoms with Crippen molar-refractivity contribution < 1.29 is 14.0 Å². The monoisotopic (exact) mass is 477 g/mol. The smallest absolute Gasteiger partial charge is 0.228 e. The number of amides is 2. The number of benzene rings is 2. The highest BCUT2D eigenvalue weighted by molar-refractivity contribution is 7.10. The molecule has 0 N–H and O–H groups in total. The fourth-order valence-corrected chi connectivity index (χ4v) is 5.90. The summed E-state index contributed by atoms with van der Waals surface area (Å²) >= 11 is 1.60. The predicted molar refractivity (Wildman–Crippen MR) is 134 cm³/mol. The van der Waals surface area contributed by atoms with Crippen LogP contribution in [-0.2, 0) is 9.59 Å². The van der Waals surface area contributed by atoms with Gasteiger partial charge < -0.3 is 14.7 Å². The average molecular weight is 478 g/mol. The summed E-state index contributed by atoms with van der Waals surface area (Å²) in [5.74, 6) is -0.355. The van der Waals surface area contributed by atoms with Crippen LogP contribution in [-0.4, -0.2) is 42.9 Å². The molecule has 34 heavy (non-hydrogen) atoms. The number of piperidine rings is 1. The molecule has 2 amide bonds. The lowest BCUT2D eigenvalue weighted by Crippen LogP contribution is -2.54. The molecule has 0 saturated carbocycles. The Balaban J connectivity index is 1.37. The Hall–Kier alpha value is -3.19. The highest BCUT2D eigenvalue weighted by Crippen LogP contribution is 2.42. The number of hydrogen-bond acceptors (Lipinski definition) is 4. The molecule has 5 nitrogen and oxygen atoms in total. The van der Waals surface area contributed by atoms with Gasteiger partial charge >= 0.3 is 0 Å². The molecule has 1 aromatic heterocycles. The van der Waals surface area contributed by atoms with E-state index in [0.717, 1.165) is 21.8 Å².